The van der Waals surface area contributed by atoms with E-state index in [1.165, 1.54) is 0 Å². The molecule has 2 rings (SSSR count). The summed E-state index contributed by atoms with van der Waals surface area (Å²) in [6.07, 6.45) is -3.12. The molecule has 0 radical (unpaired) electrons. The van der Waals surface area contributed by atoms with Crippen molar-refractivity contribution in [2.45, 2.75) is 77.0 Å². The van der Waals surface area contributed by atoms with Crippen LogP contribution in [0.25, 0.3) is 0 Å². The van der Waals surface area contributed by atoms with Gasteiger partial charge in [-0.2, -0.15) is 8.78 Å². The van der Waals surface area contributed by atoms with E-state index in [4.69, 9.17) is 13.3 Å². The minimum atomic E-state index is -3.36. The molecule has 0 N–H and O–H groups in total. The molecule has 0 aliphatic rings. The quantitative estimate of drug-likeness (QED) is 0.208. The van der Waals surface area contributed by atoms with Crippen molar-refractivity contribution in [3.63, 3.8) is 0 Å². The van der Waals surface area contributed by atoms with E-state index in [1.54, 1.807) is 19.1 Å². The van der Waals surface area contributed by atoms with E-state index in [9.17, 15) is 0 Å². The second kappa shape index (κ2) is 13.6. The van der Waals surface area contributed by atoms with Crippen LogP contribution in [0.1, 0.15) is 57.4 Å². The number of ether oxygens (including phenoxy) is 2. The Balaban J connectivity index is 2.34. The Morgan fingerprint density at radius 1 is 0.848 bits per heavy atom. The molecular weight excluding hydrogens is 437 g/mol. The zero-order chi connectivity index (χ0) is 24.4. The van der Waals surface area contributed by atoms with Crippen molar-refractivity contribution in [3.8, 4) is 0 Å². The monoisotopic (exact) mass is 476 g/mol. The molecular formula is C27H39AlF2O3. The number of benzene rings is 2. The summed E-state index contributed by atoms with van der Waals surface area (Å²) in [6.45, 7) is 12.3. The topological polar surface area (TPSA) is 27.7 Å². The van der Waals surface area contributed by atoms with Crippen molar-refractivity contribution in [2.75, 3.05) is 6.61 Å². The van der Waals surface area contributed by atoms with Crippen molar-refractivity contribution >= 4 is 14.5 Å². The highest BCUT2D eigenvalue weighted by molar-refractivity contribution is 6.52. The zero-order valence-corrected chi connectivity index (χ0v) is 22.0. The number of rotatable bonds is 14. The first-order chi connectivity index (χ1) is 15.6. The second-order valence-electron chi connectivity index (χ2n) is 9.57. The van der Waals surface area contributed by atoms with Crippen LogP contribution in [0.4, 0.5) is 8.78 Å². The first-order valence-electron chi connectivity index (χ1n) is 12.0. The summed E-state index contributed by atoms with van der Waals surface area (Å²) in [7, 11) is 0. The fourth-order valence-corrected chi connectivity index (χ4v) is 7.00. The summed E-state index contributed by atoms with van der Waals surface area (Å²) < 4.78 is 49.8. The number of hydrogen-bond acceptors (Lipinski definition) is 3. The molecule has 0 bridgehead atoms. The van der Waals surface area contributed by atoms with Crippen LogP contribution in [0, 0.1) is 18.8 Å². The highest BCUT2D eigenvalue weighted by atomic mass is 27.2. The minimum absolute atomic E-state index is 0.0761. The highest BCUT2D eigenvalue weighted by Gasteiger charge is 2.51. The zero-order valence-electron chi connectivity index (χ0n) is 20.9. The van der Waals surface area contributed by atoms with Gasteiger partial charge in [0.15, 0.2) is 12.4 Å². The Hall–Kier alpha value is -1.29. The van der Waals surface area contributed by atoms with Crippen molar-refractivity contribution in [1.82, 2.24) is 0 Å². The van der Waals surface area contributed by atoms with Gasteiger partial charge in [-0.3, -0.25) is 0 Å². The molecule has 2 aromatic carbocycles. The van der Waals surface area contributed by atoms with Crippen molar-refractivity contribution in [2.24, 2.45) is 11.8 Å². The number of aryl methyl sites for hydroxylation is 1. The van der Waals surface area contributed by atoms with Crippen LogP contribution in [0.15, 0.2) is 54.6 Å². The molecule has 2 unspecified atom stereocenters. The Morgan fingerprint density at radius 2 is 1.42 bits per heavy atom. The molecule has 0 aromatic heterocycles. The van der Waals surface area contributed by atoms with Gasteiger partial charge >= 0.3 is 20.4 Å². The van der Waals surface area contributed by atoms with E-state index >= 15 is 8.78 Å². The van der Waals surface area contributed by atoms with Crippen molar-refractivity contribution < 1.29 is 22.0 Å². The number of hydrogen-bond donors (Lipinski definition) is 0. The maximum Gasteiger partial charge on any atom is 0.463 e. The smallest absolute Gasteiger partial charge is 0.463 e. The van der Waals surface area contributed by atoms with Gasteiger partial charge in [-0.05, 0) is 25.0 Å². The summed E-state index contributed by atoms with van der Waals surface area (Å²) in [5, 5.41) is 1.66. The number of alkyl halides is 2. The van der Waals surface area contributed by atoms with E-state index in [2.05, 4.69) is 27.7 Å². The minimum Gasteiger partial charge on any atom is -0.473 e. The highest BCUT2D eigenvalue weighted by Crippen LogP contribution is 2.40. The Bertz CT molecular complexity index is 787. The van der Waals surface area contributed by atoms with Crippen molar-refractivity contribution in [1.29, 1.82) is 0 Å². The van der Waals surface area contributed by atoms with E-state index in [0.29, 0.717) is 17.4 Å². The Labute approximate surface area is 203 Å². The van der Waals surface area contributed by atoms with E-state index in [1.807, 2.05) is 49.4 Å². The average molecular weight is 477 g/mol. The second-order valence-corrected chi connectivity index (χ2v) is 12.0. The maximum atomic E-state index is 16.1. The largest absolute Gasteiger partial charge is 0.473 e. The average Bonchev–Trinajstić information content (AvgIpc) is 2.74. The van der Waals surface area contributed by atoms with Crippen LogP contribution in [0.3, 0.4) is 0 Å². The summed E-state index contributed by atoms with van der Waals surface area (Å²) in [5.41, 5.74) is 2.26. The third kappa shape index (κ3) is 9.11. The van der Waals surface area contributed by atoms with Crippen LogP contribution in [0.2, 0.25) is 10.6 Å². The summed E-state index contributed by atoms with van der Waals surface area (Å²) in [4.78, 5) is 0. The lowest BCUT2D eigenvalue weighted by Gasteiger charge is -2.35. The van der Waals surface area contributed by atoms with Crippen molar-refractivity contribution in [3.05, 3.63) is 71.3 Å². The van der Waals surface area contributed by atoms with Gasteiger partial charge in [0.25, 0.3) is 0 Å². The van der Waals surface area contributed by atoms with Gasteiger partial charge < -0.3 is 13.3 Å². The molecule has 0 spiro atoms. The standard InChI is InChI=1S/C19H21F2O3.2C4H9.Al/c1-3-23-18(22)19(20,21)17(16-11-9-14(2)10-12-16)24-13-15-7-5-4-6-8-15;2*1-4(2)3;/h4-12,17-18H,3,13H2,1-2H3;2*4H,1H2,2-3H3;/q-1;;;+1. The van der Waals surface area contributed by atoms with Gasteiger partial charge in [-0.25, -0.2) is 0 Å². The lowest BCUT2D eigenvalue weighted by Crippen LogP contribution is -2.47. The summed E-state index contributed by atoms with van der Waals surface area (Å²) in [6, 6.07) is 16.5. The lowest BCUT2D eigenvalue weighted by atomic mass is 10.0. The third-order valence-corrected chi connectivity index (χ3v) is 8.98. The molecule has 3 nitrogen and oxygen atoms in total. The molecule has 6 heteroatoms. The lowest BCUT2D eigenvalue weighted by molar-refractivity contribution is -0.270. The summed E-state index contributed by atoms with van der Waals surface area (Å²) in [5.74, 6) is -2.59. The predicted molar refractivity (Wildman–Crippen MR) is 132 cm³/mol. The summed E-state index contributed by atoms with van der Waals surface area (Å²) >= 11 is -1.92. The first-order valence-corrected chi connectivity index (χ1v) is 14.1. The molecule has 0 amide bonds. The molecule has 182 valence electrons. The normalized spacial score (nSPS) is 14.0. The Morgan fingerprint density at radius 3 is 1.94 bits per heavy atom. The van der Waals surface area contributed by atoms with E-state index in [0.717, 1.165) is 21.7 Å². The van der Waals surface area contributed by atoms with Crippen LogP contribution in [0.5, 0.6) is 0 Å². The van der Waals surface area contributed by atoms with Gasteiger partial charge in [-0.1, -0.05) is 110 Å². The van der Waals surface area contributed by atoms with Gasteiger partial charge in [0.1, 0.15) is 0 Å². The van der Waals surface area contributed by atoms with Gasteiger partial charge in [-0.15, -0.1) is 0 Å². The SMILES string of the molecule is CCOC([O][Al]([CH2]C(C)C)[CH2]C(C)C)C(F)(F)C(OCc1ccccc1)c1ccc(C)cc1. The molecule has 33 heavy (non-hydrogen) atoms. The molecule has 0 aliphatic heterocycles. The molecule has 0 heterocycles. The van der Waals surface area contributed by atoms with Gasteiger partial charge in [0.05, 0.1) is 6.61 Å². The molecule has 0 fully saturated rings. The molecule has 2 atom stereocenters. The van der Waals surface area contributed by atoms with Crippen LogP contribution >= 0.6 is 0 Å². The molecule has 0 aliphatic carbocycles. The Kier molecular flexibility index (Phi) is 11.5. The van der Waals surface area contributed by atoms with Gasteiger partial charge in [0.2, 0.25) is 0 Å². The fourth-order valence-electron chi connectivity index (χ4n) is 3.87. The molecule has 0 saturated carbocycles. The van der Waals surface area contributed by atoms with Gasteiger partial charge in [0, 0.05) is 6.61 Å². The first kappa shape index (κ1) is 28.0. The van der Waals surface area contributed by atoms with Crippen LogP contribution in [-0.2, 0) is 19.9 Å². The predicted octanol–water partition coefficient (Wildman–Crippen LogP) is 7.57. The molecule has 0 saturated heterocycles. The van der Waals surface area contributed by atoms with E-state index in [-0.39, 0.29) is 13.2 Å². The van der Waals surface area contributed by atoms with Crippen LogP contribution in [-0.4, -0.2) is 33.3 Å². The third-order valence-electron chi connectivity index (χ3n) is 5.41. The fraction of sp³-hybridized carbons (Fsp3) is 0.556. The molecule has 2 aromatic rings. The van der Waals surface area contributed by atoms with E-state index < -0.39 is 32.8 Å². The maximum absolute atomic E-state index is 16.1. The van der Waals surface area contributed by atoms with Crippen LogP contribution < -0.4 is 0 Å². The number of halogens is 2.